The van der Waals surface area contributed by atoms with E-state index in [0.717, 1.165) is 51.8 Å². The maximum absolute atomic E-state index is 4.55. The molecule has 0 amide bonds. The normalized spacial score (nSPS) is 20.5. The van der Waals surface area contributed by atoms with Crippen LogP contribution in [0.4, 0.5) is 11.4 Å². The molecule has 1 unspecified atom stereocenters. The molecule has 28 heavy (non-hydrogen) atoms. The van der Waals surface area contributed by atoms with Crippen molar-refractivity contribution in [2.24, 2.45) is 10.9 Å². The number of benzene rings is 2. The summed E-state index contributed by atoms with van der Waals surface area (Å²) < 4.78 is 0. The van der Waals surface area contributed by atoms with Gasteiger partial charge in [-0.2, -0.15) is 0 Å². The first-order valence-electron chi connectivity index (χ1n) is 10.4. The first-order chi connectivity index (χ1) is 13.8. The Morgan fingerprint density at radius 3 is 2.07 bits per heavy atom. The summed E-state index contributed by atoms with van der Waals surface area (Å²) >= 11 is 0. The van der Waals surface area contributed by atoms with E-state index in [0.29, 0.717) is 5.92 Å². The van der Waals surface area contributed by atoms with Crippen LogP contribution in [0.2, 0.25) is 0 Å². The number of aliphatic imine (C=N–C) groups is 1. The minimum atomic E-state index is 0.669. The summed E-state index contributed by atoms with van der Waals surface area (Å²) in [5.74, 6) is 1.72. The minimum absolute atomic E-state index is 0.669. The van der Waals surface area contributed by atoms with Gasteiger partial charge in [0.15, 0.2) is 5.96 Å². The van der Waals surface area contributed by atoms with Gasteiger partial charge < -0.3 is 20.0 Å². The van der Waals surface area contributed by atoms with Crippen LogP contribution in [0.3, 0.4) is 0 Å². The first-order valence-corrected chi connectivity index (χ1v) is 10.4. The number of rotatable bonds is 4. The molecule has 2 fully saturated rings. The van der Waals surface area contributed by atoms with Crippen molar-refractivity contribution >= 4 is 17.3 Å². The van der Waals surface area contributed by atoms with Crippen molar-refractivity contribution in [3.8, 4) is 0 Å². The fraction of sp³-hybridized carbons (Fsp3) is 0.435. The quantitative estimate of drug-likeness (QED) is 0.656. The highest BCUT2D eigenvalue weighted by Crippen LogP contribution is 2.23. The molecule has 2 aliphatic heterocycles. The van der Waals surface area contributed by atoms with Gasteiger partial charge in [-0.25, -0.2) is 0 Å². The summed E-state index contributed by atoms with van der Waals surface area (Å²) in [4.78, 5) is 11.9. The molecule has 0 aromatic heterocycles. The van der Waals surface area contributed by atoms with E-state index in [-0.39, 0.29) is 0 Å². The van der Waals surface area contributed by atoms with Gasteiger partial charge in [0.1, 0.15) is 0 Å². The molecule has 2 saturated heterocycles. The van der Waals surface area contributed by atoms with E-state index in [1.165, 1.54) is 17.8 Å². The number of nitrogens with one attached hydrogen (secondary N) is 1. The van der Waals surface area contributed by atoms with Crippen molar-refractivity contribution in [3.63, 3.8) is 0 Å². The smallest absolute Gasteiger partial charge is 0.193 e. The van der Waals surface area contributed by atoms with Gasteiger partial charge in [0.05, 0.1) is 0 Å². The molecule has 0 bridgehead atoms. The van der Waals surface area contributed by atoms with E-state index in [2.05, 4.69) is 85.7 Å². The summed E-state index contributed by atoms with van der Waals surface area (Å²) in [6.07, 6.45) is 1.24. The third-order valence-corrected chi connectivity index (χ3v) is 5.87. The molecule has 2 heterocycles. The minimum Gasteiger partial charge on any atom is -0.371 e. The van der Waals surface area contributed by atoms with E-state index >= 15 is 0 Å². The molecule has 0 saturated carbocycles. The highest BCUT2D eigenvalue weighted by atomic mass is 15.3. The predicted molar refractivity (Wildman–Crippen MR) is 118 cm³/mol. The summed E-state index contributed by atoms with van der Waals surface area (Å²) in [6, 6.07) is 21.4. The SMILES string of the molecule is CN=C(NCC1CCN(c2ccccc2)C1)N1CCN(c2ccccc2)CC1. The Hall–Kier alpha value is -2.69. The second-order valence-electron chi connectivity index (χ2n) is 7.67. The molecule has 148 valence electrons. The van der Waals surface area contributed by atoms with Crippen LogP contribution in [0.1, 0.15) is 6.42 Å². The molecule has 0 aliphatic carbocycles. The Balaban J connectivity index is 1.25. The summed E-state index contributed by atoms with van der Waals surface area (Å²) in [7, 11) is 1.90. The molecule has 2 aromatic rings. The van der Waals surface area contributed by atoms with Gasteiger partial charge in [0.2, 0.25) is 0 Å². The van der Waals surface area contributed by atoms with E-state index in [4.69, 9.17) is 0 Å². The summed E-state index contributed by atoms with van der Waals surface area (Å²) in [6.45, 7) is 7.35. The lowest BCUT2D eigenvalue weighted by molar-refractivity contribution is 0.369. The molecule has 5 heteroatoms. The maximum atomic E-state index is 4.55. The number of guanidine groups is 1. The highest BCUT2D eigenvalue weighted by Gasteiger charge is 2.24. The third kappa shape index (κ3) is 4.41. The molecule has 0 radical (unpaired) electrons. The molecule has 1 atom stereocenters. The molecule has 5 nitrogen and oxygen atoms in total. The molecule has 2 aliphatic rings. The van der Waals surface area contributed by atoms with Crippen LogP contribution in [0, 0.1) is 5.92 Å². The van der Waals surface area contributed by atoms with Gasteiger partial charge in [0.25, 0.3) is 0 Å². The predicted octanol–water partition coefficient (Wildman–Crippen LogP) is 2.91. The number of nitrogens with zero attached hydrogens (tertiary/aromatic N) is 4. The van der Waals surface area contributed by atoms with Crippen molar-refractivity contribution in [3.05, 3.63) is 60.7 Å². The molecule has 4 rings (SSSR count). The van der Waals surface area contributed by atoms with Crippen molar-refractivity contribution in [2.45, 2.75) is 6.42 Å². The van der Waals surface area contributed by atoms with Crippen LogP contribution in [-0.2, 0) is 0 Å². The van der Waals surface area contributed by atoms with Gasteiger partial charge in [-0.1, -0.05) is 36.4 Å². The zero-order chi connectivity index (χ0) is 19.2. The van der Waals surface area contributed by atoms with E-state index in [1.54, 1.807) is 0 Å². The number of piperazine rings is 1. The second-order valence-corrected chi connectivity index (χ2v) is 7.67. The topological polar surface area (TPSA) is 34.1 Å². The van der Waals surface area contributed by atoms with Crippen molar-refractivity contribution < 1.29 is 0 Å². The van der Waals surface area contributed by atoms with Crippen molar-refractivity contribution in [1.82, 2.24) is 10.2 Å². The van der Waals surface area contributed by atoms with Crippen LogP contribution < -0.4 is 15.1 Å². The molecule has 2 aromatic carbocycles. The Kier molecular flexibility index (Phi) is 6.00. The van der Waals surface area contributed by atoms with Crippen molar-refractivity contribution in [2.75, 3.05) is 62.7 Å². The van der Waals surface area contributed by atoms with Crippen molar-refractivity contribution in [1.29, 1.82) is 0 Å². The van der Waals surface area contributed by atoms with E-state index in [1.807, 2.05) is 7.05 Å². The highest BCUT2D eigenvalue weighted by molar-refractivity contribution is 5.80. The maximum Gasteiger partial charge on any atom is 0.193 e. The Labute approximate surface area is 168 Å². The number of hydrogen-bond acceptors (Lipinski definition) is 3. The molecular formula is C23H31N5. The number of para-hydroxylation sites is 2. The van der Waals surface area contributed by atoms with Gasteiger partial charge in [-0.05, 0) is 36.6 Å². The Morgan fingerprint density at radius 2 is 1.46 bits per heavy atom. The summed E-state index contributed by atoms with van der Waals surface area (Å²) in [5.41, 5.74) is 2.66. The van der Waals surface area contributed by atoms with Crippen LogP contribution >= 0.6 is 0 Å². The zero-order valence-corrected chi connectivity index (χ0v) is 16.8. The lowest BCUT2D eigenvalue weighted by Gasteiger charge is -2.38. The molecule has 1 N–H and O–H groups in total. The van der Waals surface area contributed by atoms with E-state index in [9.17, 15) is 0 Å². The number of anilines is 2. The molecule has 0 spiro atoms. The average molecular weight is 378 g/mol. The fourth-order valence-corrected chi connectivity index (χ4v) is 4.26. The average Bonchev–Trinajstić information content (AvgIpc) is 3.25. The lowest BCUT2D eigenvalue weighted by atomic mass is 10.1. The molecular weight excluding hydrogens is 346 g/mol. The lowest BCUT2D eigenvalue weighted by Crippen LogP contribution is -2.53. The number of hydrogen-bond donors (Lipinski definition) is 1. The zero-order valence-electron chi connectivity index (χ0n) is 16.8. The van der Waals surface area contributed by atoms with Crippen LogP contribution in [0.5, 0.6) is 0 Å². The third-order valence-electron chi connectivity index (χ3n) is 5.87. The summed E-state index contributed by atoms with van der Waals surface area (Å²) in [5, 5.41) is 3.64. The van der Waals surface area contributed by atoms with Gasteiger partial charge in [-0.15, -0.1) is 0 Å². The van der Waals surface area contributed by atoms with Crippen LogP contribution in [0.25, 0.3) is 0 Å². The fourth-order valence-electron chi connectivity index (χ4n) is 4.26. The van der Waals surface area contributed by atoms with Crippen LogP contribution in [0.15, 0.2) is 65.7 Å². The Morgan fingerprint density at radius 1 is 0.857 bits per heavy atom. The van der Waals surface area contributed by atoms with Gasteiger partial charge in [-0.3, -0.25) is 4.99 Å². The van der Waals surface area contributed by atoms with E-state index < -0.39 is 0 Å². The van der Waals surface area contributed by atoms with Crippen LogP contribution in [-0.4, -0.2) is 63.7 Å². The van der Waals surface area contributed by atoms with Gasteiger partial charge >= 0.3 is 0 Å². The Bertz CT molecular complexity index is 753. The van der Waals surface area contributed by atoms with Gasteiger partial charge in [0, 0.05) is 64.2 Å². The largest absolute Gasteiger partial charge is 0.371 e. The second kappa shape index (κ2) is 9.00. The standard InChI is InChI=1S/C23H31N5/c1-24-23(27-16-14-26(15-17-27)21-8-4-2-5-9-21)25-18-20-12-13-28(19-20)22-10-6-3-7-11-22/h2-11,20H,12-19H2,1H3,(H,24,25). The monoisotopic (exact) mass is 377 g/mol. The first kappa shape index (κ1) is 18.7.